The lowest BCUT2D eigenvalue weighted by atomic mass is 10.1. The minimum atomic E-state index is -3.81. The van der Waals surface area contributed by atoms with E-state index < -0.39 is 10.0 Å². The molecule has 3 rings (SSSR count). The van der Waals surface area contributed by atoms with Crippen molar-refractivity contribution >= 4 is 49.5 Å². The van der Waals surface area contributed by atoms with Gasteiger partial charge in [-0.25, -0.2) is 13.1 Å². The van der Waals surface area contributed by atoms with Gasteiger partial charge in [-0.3, -0.25) is 4.79 Å². The monoisotopic (exact) mass is 426 g/mol. The van der Waals surface area contributed by atoms with Gasteiger partial charge in [-0.1, -0.05) is 29.4 Å². The van der Waals surface area contributed by atoms with Crippen LogP contribution in [0.15, 0.2) is 49.6 Å². The molecule has 0 atom stereocenters. The topological polar surface area (TPSA) is 89.3 Å². The van der Waals surface area contributed by atoms with E-state index in [1.54, 1.807) is 37.3 Å². The number of rotatable bonds is 5. The third kappa shape index (κ3) is 3.14. The summed E-state index contributed by atoms with van der Waals surface area (Å²) >= 11 is 4.29. The first-order valence-corrected chi connectivity index (χ1v) is 9.80. The van der Waals surface area contributed by atoms with Crippen molar-refractivity contribution in [1.29, 1.82) is 0 Å². The second kappa shape index (κ2) is 6.50. The van der Waals surface area contributed by atoms with Gasteiger partial charge in [0.1, 0.15) is 8.68 Å². The van der Waals surface area contributed by atoms with Crippen molar-refractivity contribution in [3.05, 3.63) is 52.1 Å². The molecule has 0 saturated carbocycles. The number of anilines is 1. The van der Waals surface area contributed by atoms with Crippen LogP contribution in [0, 0.1) is 6.92 Å². The van der Waals surface area contributed by atoms with E-state index in [1.807, 2.05) is 0 Å². The number of benzene rings is 1. The third-order valence-corrected chi connectivity index (χ3v) is 7.09. The summed E-state index contributed by atoms with van der Waals surface area (Å²) in [5, 5.41) is 3.69. The minimum absolute atomic E-state index is 0.0238. The molecule has 0 amide bonds. The molecule has 1 N–H and O–H groups in total. The molecule has 124 valence electrons. The van der Waals surface area contributed by atoms with E-state index in [0.29, 0.717) is 26.2 Å². The van der Waals surface area contributed by atoms with Crippen molar-refractivity contribution in [1.82, 2.24) is 5.16 Å². The lowest BCUT2D eigenvalue weighted by Gasteiger charge is -2.03. The van der Waals surface area contributed by atoms with Gasteiger partial charge in [0.25, 0.3) is 15.9 Å². The Morgan fingerprint density at radius 2 is 2.00 bits per heavy atom. The number of carbonyl (C=O) groups is 1. The maximum Gasteiger partial charge on any atom is 0.273 e. The summed E-state index contributed by atoms with van der Waals surface area (Å²) in [7, 11) is -3.81. The van der Waals surface area contributed by atoms with Gasteiger partial charge in [0.2, 0.25) is 0 Å². The molecule has 1 aromatic carbocycles. The van der Waals surface area contributed by atoms with Crippen molar-refractivity contribution in [2.24, 2.45) is 0 Å². The highest BCUT2D eigenvalue weighted by Gasteiger charge is 2.22. The maximum absolute atomic E-state index is 12.5. The number of nitrogens with zero attached hydrogens (tertiary/aromatic N) is 1. The molecule has 24 heavy (non-hydrogen) atoms. The van der Waals surface area contributed by atoms with Crippen molar-refractivity contribution in [3.63, 3.8) is 0 Å². The molecular weight excluding hydrogens is 416 g/mol. The number of aldehydes is 1. The van der Waals surface area contributed by atoms with Crippen molar-refractivity contribution < 1.29 is 17.7 Å². The number of thiophene rings is 1. The van der Waals surface area contributed by atoms with Gasteiger partial charge >= 0.3 is 0 Å². The highest BCUT2D eigenvalue weighted by atomic mass is 79.9. The zero-order valence-electron chi connectivity index (χ0n) is 12.3. The average Bonchev–Trinajstić information content (AvgIpc) is 3.18. The molecule has 0 radical (unpaired) electrons. The van der Waals surface area contributed by atoms with Crippen LogP contribution in [0.3, 0.4) is 0 Å². The van der Waals surface area contributed by atoms with Gasteiger partial charge in [0.15, 0.2) is 6.29 Å². The van der Waals surface area contributed by atoms with Crippen LogP contribution in [0.2, 0.25) is 0 Å². The Hall–Kier alpha value is -1.97. The molecule has 0 fully saturated rings. The fourth-order valence-electron chi connectivity index (χ4n) is 2.03. The molecule has 0 saturated heterocycles. The Morgan fingerprint density at radius 3 is 2.67 bits per heavy atom. The fourth-order valence-corrected chi connectivity index (χ4v) is 4.75. The molecule has 3 aromatic rings. The Kier molecular flexibility index (Phi) is 4.57. The van der Waals surface area contributed by atoms with Gasteiger partial charge in [-0.2, -0.15) is 0 Å². The molecule has 0 aliphatic heterocycles. The summed E-state index contributed by atoms with van der Waals surface area (Å²) in [6, 6.07) is 10.2. The predicted octanol–water partition coefficient (Wildman–Crippen LogP) is 4.09. The Labute approximate surface area is 150 Å². The number of hydrogen-bond donors (Lipinski definition) is 1. The molecule has 0 unspecified atom stereocenters. The Morgan fingerprint density at radius 1 is 1.25 bits per heavy atom. The number of carbonyl (C=O) groups excluding carboxylic acids is 1. The molecule has 0 bridgehead atoms. The maximum atomic E-state index is 12.5. The first-order chi connectivity index (χ1) is 11.4. The summed E-state index contributed by atoms with van der Waals surface area (Å²) in [6.07, 6.45) is 0.746. The van der Waals surface area contributed by atoms with Crippen LogP contribution in [0.1, 0.15) is 16.1 Å². The first-order valence-electron chi connectivity index (χ1n) is 6.71. The van der Waals surface area contributed by atoms with Gasteiger partial charge in [-0.05, 0) is 35.0 Å². The van der Waals surface area contributed by atoms with Gasteiger partial charge in [0, 0.05) is 16.0 Å². The molecule has 6 nitrogen and oxygen atoms in total. The largest absolute Gasteiger partial charge is 0.336 e. The van der Waals surface area contributed by atoms with E-state index >= 15 is 0 Å². The normalized spacial score (nSPS) is 11.4. The number of halogens is 1. The molecule has 9 heteroatoms. The molecule has 2 aromatic heterocycles. The number of nitrogens with one attached hydrogen (secondary N) is 1. The lowest BCUT2D eigenvalue weighted by Crippen LogP contribution is -2.11. The fraction of sp³-hybridized carbons (Fsp3) is 0.0667. The van der Waals surface area contributed by atoms with Crippen LogP contribution in [0.4, 0.5) is 5.88 Å². The summed E-state index contributed by atoms with van der Waals surface area (Å²) < 4.78 is 32.8. The van der Waals surface area contributed by atoms with Crippen LogP contribution < -0.4 is 4.72 Å². The van der Waals surface area contributed by atoms with Crippen LogP contribution in [-0.4, -0.2) is 19.9 Å². The van der Waals surface area contributed by atoms with Crippen LogP contribution >= 0.6 is 27.3 Å². The summed E-state index contributed by atoms with van der Waals surface area (Å²) in [5.74, 6) is 0.0238. The van der Waals surface area contributed by atoms with E-state index in [-0.39, 0.29) is 10.1 Å². The van der Waals surface area contributed by atoms with E-state index in [1.165, 1.54) is 6.07 Å². The molecular formula is C15H11BrN2O4S2. The SMILES string of the molecule is Cc1noc(NS(=O)(=O)c2ccc(-c3ccccc3C=O)s2)c1Br. The number of aromatic nitrogens is 1. The standard InChI is InChI=1S/C15H11BrN2O4S2/c1-9-14(16)15(22-17-9)18-24(20,21)13-7-6-12(23-13)11-5-3-2-4-10(11)8-19/h2-8,18H,1H3. The zero-order valence-corrected chi connectivity index (χ0v) is 15.5. The van der Waals surface area contributed by atoms with E-state index in [2.05, 4.69) is 25.8 Å². The van der Waals surface area contributed by atoms with Crippen molar-refractivity contribution in [3.8, 4) is 10.4 Å². The van der Waals surface area contributed by atoms with E-state index in [9.17, 15) is 13.2 Å². The summed E-state index contributed by atoms with van der Waals surface area (Å²) in [4.78, 5) is 11.8. The average molecular weight is 427 g/mol. The van der Waals surface area contributed by atoms with Crippen molar-refractivity contribution in [2.75, 3.05) is 4.72 Å². The predicted molar refractivity (Wildman–Crippen MR) is 94.9 cm³/mol. The third-order valence-electron chi connectivity index (χ3n) is 3.22. The number of hydrogen-bond acceptors (Lipinski definition) is 6. The second-order valence-electron chi connectivity index (χ2n) is 4.84. The Bertz CT molecular complexity index is 1010. The highest BCUT2D eigenvalue weighted by molar-refractivity contribution is 9.10. The number of aryl methyl sites for hydroxylation is 1. The quantitative estimate of drug-likeness (QED) is 0.620. The first kappa shape index (κ1) is 16.9. The summed E-state index contributed by atoms with van der Waals surface area (Å²) in [6.45, 7) is 1.69. The number of sulfonamides is 1. The van der Waals surface area contributed by atoms with Crippen LogP contribution in [-0.2, 0) is 10.0 Å². The molecule has 0 aliphatic carbocycles. The second-order valence-corrected chi connectivity index (χ2v) is 8.63. The van der Waals surface area contributed by atoms with E-state index in [0.717, 1.165) is 17.6 Å². The highest BCUT2D eigenvalue weighted by Crippen LogP contribution is 2.34. The molecule has 0 aliphatic rings. The van der Waals surface area contributed by atoms with Gasteiger partial charge in [0.05, 0.1) is 5.69 Å². The van der Waals surface area contributed by atoms with E-state index in [4.69, 9.17) is 4.52 Å². The minimum Gasteiger partial charge on any atom is -0.336 e. The van der Waals surface area contributed by atoms with Crippen molar-refractivity contribution in [2.45, 2.75) is 11.1 Å². The zero-order chi connectivity index (χ0) is 17.3. The molecule has 0 spiro atoms. The van der Waals surface area contributed by atoms with Crippen LogP contribution in [0.5, 0.6) is 0 Å². The lowest BCUT2D eigenvalue weighted by molar-refractivity contribution is 0.112. The summed E-state index contributed by atoms with van der Waals surface area (Å²) in [5.41, 5.74) is 1.74. The van der Waals surface area contributed by atoms with Gasteiger partial charge in [-0.15, -0.1) is 11.3 Å². The smallest absolute Gasteiger partial charge is 0.273 e. The Balaban J connectivity index is 1.95. The van der Waals surface area contributed by atoms with Gasteiger partial charge < -0.3 is 4.52 Å². The van der Waals surface area contributed by atoms with Crippen LogP contribution in [0.25, 0.3) is 10.4 Å². The molecule has 2 heterocycles.